The molecule has 0 aliphatic rings. The summed E-state index contributed by atoms with van der Waals surface area (Å²) >= 11 is 0. The quantitative estimate of drug-likeness (QED) is 0.680. The van der Waals surface area contributed by atoms with Crippen LogP contribution in [0.5, 0.6) is 5.75 Å². The molecule has 0 fully saturated rings. The van der Waals surface area contributed by atoms with Gasteiger partial charge < -0.3 is 4.74 Å². The highest BCUT2D eigenvalue weighted by atomic mass is 16.5. The molecule has 5 nitrogen and oxygen atoms in total. The van der Waals surface area contributed by atoms with Crippen LogP contribution in [0.3, 0.4) is 0 Å². The zero-order valence-electron chi connectivity index (χ0n) is 7.70. The van der Waals surface area contributed by atoms with Gasteiger partial charge in [-0.3, -0.25) is 4.98 Å². The van der Waals surface area contributed by atoms with Gasteiger partial charge in [0.25, 0.3) is 0 Å². The molecule has 5 heteroatoms. The molecular formula is C10H7N3O2. The van der Waals surface area contributed by atoms with Gasteiger partial charge in [-0.2, -0.15) is 0 Å². The smallest absolute Gasteiger partial charge is 0.362 e. The lowest BCUT2D eigenvalue weighted by Crippen LogP contribution is -2.10. The highest BCUT2D eigenvalue weighted by Crippen LogP contribution is 2.08. The summed E-state index contributed by atoms with van der Waals surface area (Å²) in [6.07, 6.45) is 5.83. The van der Waals surface area contributed by atoms with Crippen LogP contribution < -0.4 is 4.74 Å². The van der Waals surface area contributed by atoms with E-state index in [1.54, 1.807) is 18.3 Å². The minimum atomic E-state index is -0.523. The first-order valence-electron chi connectivity index (χ1n) is 4.24. The molecule has 0 atom stereocenters. The summed E-state index contributed by atoms with van der Waals surface area (Å²) < 4.78 is 5.01. The molecule has 15 heavy (non-hydrogen) atoms. The van der Waals surface area contributed by atoms with Gasteiger partial charge in [-0.05, 0) is 18.2 Å². The van der Waals surface area contributed by atoms with E-state index < -0.39 is 5.97 Å². The molecule has 0 aliphatic carbocycles. The first-order chi connectivity index (χ1) is 7.36. The molecule has 0 aromatic carbocycles. The molecule has 0 aliphatic heterocycles. The standard InChI is InChI=1S/C10H7N3O2/c14-10(9-3-5-12-7-13-9)15-8-2-1-4-11-6-8/h1-7H. The van der Waals surface area contributed by atoms with Crippen molar-refractivity contribution >= 4 is 5.97 Å². The van der Waals surface area contributed by atoms with E-state index in [1.165, 1.54) is 24.8 Å². The van der Waals surface area contributed by atoms with E-state index in [9.17, 15) is 4.79 Å². The number of carbonyl (C=O) groups is 1. The summed E-state index contributed by atoms with van der Waals surface area (Å²) in [4.78, 5) is 22.8. The molecule has 0 N–H and O–H groups in total. The van der Waals surface area contributed by atoms with Crippen LogP contribution >= 0.6 is 0 Å². The molecule has 2 heterocycles. The van der Waals surface area contributed by atoms with Gasteiger partial charge in [0.2, 0.25) is 0 Å². The van der Waals surface area contributed by atoms with Gasteiger partial charge in [-0.15, -0.1) is 0 Å². The van der Waals surface area contributed by atoms with Gasteiger partial charge in [0, 0.05) is 12.4 Å². The van der Waals surface area contributed by atoms with Gasteiger partial charge >= 0.3 is 5.97 Å². The average Bonchev–Trinajstić information content (AvgIpc) is 2.31. The van der Waals surface area contributed by atoms with Crippen LogP contribution in [0.2, 0.25) is 0 Å². The van der Waals surface area contributed by atoms with Gasteiger partial charge in [0.1, 0.15) is 12.1 Å². The summed E-state index contributed by atoms with van der Waals surface area (Å²) in [5.41, 5.74) is 0.217. The first kappa shape index (κ1) is 9.26. The Bertz CT molecular complexity index is 445. The summed E-state index contributed by atoms with van der Waals surface area (Å²) in [6.45, 7) is 0. The highest BCUT2D eigenvalue weighted by Gasteiger charge is 2.08. The minimum Gasteiger partial charge on any atom is -0.420 e. The molecule has 0 unspecified atom stereocenters. The Balaban J connectivity index is 2.12. The van der Waals surface area contributed by atoms with E-state index in [-0.39, 0.29) is 5.69 Å². The lowest BCUT2D eigenvalue weighted by molar-refractivity contribution is 0.0728. The van der Waals surface area contributed by atoms with Crippen molar-refractivity contribution in [2.24, 2.45) is 0 Å². The Morgan fingerprint density at radius 1 is 1.20 bits per heavy atom. The number of aromatic nitrogens is 3. The number of hydrogen-bond acceptors (Lipinski definition) is 5. The number of carbonyl (C=O) groups excluding carboxylic acids is 1. The molecule has 74 valence electrons. The second-order valence-electron chi connectivity index (χ2n) is 2.67. The van der Waals surface area contributed by atoms with Crippen LogP contribution in [0.15, 0.2) is 43.1 Å². The van der Waals surface area contributed by atoms with Crippen molar-refractivity contribution in [3.63, 3.8) is 0 Å². The molecule has 0 saturated carbocycles. The Morgan fingerprint density at radius 2 is 2.13 bits per heavy atom. The Morgan fingerprint density at radius 3 is 2.80 bits per heavy atom. The van der Waals surface area contributed by atoms with Gasteiger partial charge in [0.15, 0.2) is 5.69 Å². The molecule has 2 rings (SSSR count). The third-order valence-electron chi connectivity index (χ3n) is 1.64. The van der Waals surface area contributed by atoms with Crippen molar-refractivity contribution in [3.05, 3.63) is 48.8 Å². The van der Waals surface area contributed by atoms with Gasteiger partial charge in [-0.25, -0.2) is 14.8 Å². The number of rotatable bonds is 2. The Kier molecular flexibility index (Phi) is 2.64. The molecule has 2 aromatic heterocycles. The second-order valence-corrected chi connectivity index (χ2v) is 2.67. The maximum atomic E-state index is 11.5. The number of pyridine rings is 1. The van der Waals surface area contributed by atoms with Crippen molar-refractivity contribution in [2.45, 2.75) is 0 Å². The number of esters is 1. The topological polar surface area (TPSA) is 65.0 Å². The van der Waals surface area contributed by atoms with E-state index in [0.29, 0.717) is 5.75 Å². The normalized spacial score (nSPS) is 9.60. The fourth-order valence-corrected chi connectivity index (χ4v) is 0.978. The van der Waals surface area contributed by atoms with Gasteiger partial charge in [-0.1, -0.05) is 0 Å². The van der Waals surface area contributed by atoms with Crippen molar-refractivity contribution in [2.75, 3.05) is 0 Å². The molecule has 0 radical (unpaired) electrons. The first-order valence-corrected chi connectivity index (χ1v) is 4.24. The number of nitrogens with zero attached hydrogens (tertiary/aromatic N) is 3. The zero-order chi connectivity index (χ0) is 10.5. The summed E-state index contributed by atoms with van der Waals surface area (Å²) in [6, 6.07) is 4.81. The molecule has 0 amide bonds. The van der Waals surface area contributed by atoms with Crippen molar-refractivity contribution in [1.82, 2.24) is 15.0 Å². The van der Waals surface area contributed by atoms with E-state index in [2.05, 4.69) is 15.0 Å². The Hall–Kier alpha value is -2.30. The number of hydrogen-bond donors (Lipinski definition) is 0. The highest BCUT2D eigenvalue weighted by molar-refractivity contribution is 5.88. The monoisotopic (exact) mass is 201 g/mol. The predicted octanol–water partition coefficient (Wildman–Crippen LogP) is 1.09. The van der Waals surface area contributed by atoms with Crippen molar-refractivity contribution < 1.29 is 9.53 Å². The molecule has 0 saturated heterocycles. The van der Waals surface area contributed by atoms with Crippen LogP contribution in [0.4, 0.5) is 0 Å². The van der Waals surface area contributed by atoms with Crippen LogP contribution in [0.1, 0.15) is 10.5 Å². The Labute approximate surface area is 85.8 Å². The summed E-state index contributed by atoms with van der Waals surface area (Å²) in [5.74, 6) is -0.133. The lowest BCUT2D eigenvalue weighted by Gasteiger charge is -2.01. The number of ether oxygens (including phenoxy) is 1. The molecule has 2 aromatic rings. The lowest BCUT2D eigenvalue weighted by atomic mass is 10.4. The third kappa shape index (κ3) is 2.34. The average molecular weight is 201 g/mol. The van der Waals surface area contributed by atoms with E-state index in [0.717, 1.165) is 0 Å². The summed E-state index contributed by atoms with van der Waals surface area (Å²) in [5, 5.41) is 0. The maximum absolute atomic E-state index is 11.5. The van der Waals surface area contributed by atoms with Crippen molar-refractivity contribution in [3.8, 4) is 5.75 Å². The molecule has 0 bridgehead atoms. The molecule has 0 spiro atoms. The third-order valence-corrected chi connectivity index (χ3v) is 1.64. The maximum Gasteiger partial charge on any atom is 0.362 e. The van der Waals surface area contributed by atoms with E-state index >= 15 is 0 Å². The van der Waals surface area contributed by atoms with Crippen LogP contribution in [0, 0.1) is 0 Å². The fraction of sp³-hybridized carbons (Fsp3) is 0. The SMILES string of the molecule is O=C(Oc1cccnc1)c1ccncn1. The van der Waals surface area contributed by atoms with Gasteiger partial charge in [0.05, 0.1) is 6.20 Å². The van der Waals surface area contributed by atoms with Crippen LogP contribution in [-0.2, 0) is 0 Å². The zero-order valence-corrected chi connectivity index (χ0v) is 7.70. The van der Waals surface area contributed by atoms with Crippen LogP contribution in [-0.4, -0.2) is 20.9 Å². The minimum absolute atomic E-state index is 0.217. The predicted molar refractivity (Wildman–Crippen MR) is 51.2 cm³/mol. The molecular weight excluding hydrogens is 194 g/mol. The van der Waals surface area contributed by atoms with E-state index in [1.807, 2.05) is 0 Å². The van der Waals surface area contributed by atoms with Crippen molar-refractivity contribution in [1.29, 1.82) is 0 Å². The second kappa shape index (κ2) is 4.28. The fourth-order valence-electron chi connectivity index (χ4n) is 0.978. The van der Waals surface area contributed by atoms with E-state index in [4.69, 9.17) is 4.74 Å². The summed E-state index contributed by atoms with van der Waals surface area (Å²) in [7, 11) is 0. The van der Waals surface area contributed by atoms with Crippen LogP contribution in [0.25, 0.3) is 0 Å². The largest absolute Gasteiger partial charge is 0.420 e.